The van der Waals surface area contributed by atoms with E-state index in [-0.39, 0.29) is 36.0 Å². The molecule has 7 aliphatic rings. The Morgan fingerprint density at radius 2 is 2.03 bits per heavy atom. The Hall–Kier alpha value is -2.18. The molecule has 4 N–H and O–H groups in total. The van der Waals surface area contributed by atoms with E-state index < -0.39 is 49.0 Å². The van der Waals surface area contributed by atoms with E-state index in [1.54, 1.807) is 0 Å². The molecule has 13 atom stereocenters. The first kappa shape index (κ1) is 23.9. The van der Waals surface area contributed by atoms with Crippen LogP contribution < -0.4 is 0 Å². The fourth-order valence-corrected chi connectivity index (χ4v) is 8.32. The minimum absolute atomic E-state index is 0.0495. The monoisotopic (exact) mass is 512 g/mol. The largest absolute Gasteiger partial charge is 0.461 e. The van der Waals surface area contributed by atoms with Crippen LogP contribution in [-0.4, -0.2) is 98.7 Å². The third-order valence-corrected chi connectivity index (χ3v) is 9.62. The van der Waals surface area contributed by atoms with Crippen LogP contribution in [0.4, 0.5) is 5.69 Å². The summed E-state index contributed by atoms with van der Waals surface area (Å²) in [4.78, 5) is 19.8. The van der Waals surface area contributed by atoms with Crippen LogP contribution >= 0.6 is 0 Å². The number of nitrogens with zero attached hydrogens (tertiary/aromatic N) is 2. The lowest BCUT2D eigenvalue weighted by atomic mass is 9.66. The van der Waals surface area contributed by atoms with Crippen LogP contribution in [0.5, 0.6) is 0 Å². The topological polar surface area (TPSA) is 141 Å². The summed E-state index contributed by atoms with van der Waals surface area (Å²) in [6.07, 6.45) is -4.07. The van der Waals surface area contributed by atoms with E-state index in [0.29, 0.717) is 0 Å². The van der Waals surface area contributed by atoms with Gasteiger partial charge in [-0.15, -0.1) is 0 Å². The number of carbonyl (C=O) groups is 1. The molecule has 10 heteroatoms. The summed E-state index contributed by atoms with van der Waals surface area (Å²) in [5, 5.41) is 40.9. The molecule has 1 aliphatic carbocycles. The predicted octanol–water partition coefficient (Wildman–Crippen LogP) is 0.137. The fraction of sp³-hybridized carbons (Fsp3) is 0.630. The molecule has 8 rings (SSSR count). The van der Waals surface area contributed by atoms with Gasteiger partial charge in [-0.2, -0.15) is 0 Å². The first-order chi connectivity index (χ1) is 17.8. The summed E-state index contributed by atoms with van der Waals surface area (Å²) in [6, 6.07) is 8.10. The molecule has 0 radical (unpaired) electrons. The average molecular weight is 513 g/mol. The van der Waals surface area contributed by atoms with Gasteiger partial charge in [0.25, 0.3) is 0 Å². The van der Waals surface area contributed by atoms with Gasteiger partial charge in [-0.3, -0.25) is 14.7 Å². The third-order valence-electron chi connectivity index (χ3n) is 9.62. The van der Waals surface area contributed by atoms with E-state index in [9.17, 15) is 25.2 Å². The fourth-order valence-electron chi connectivity index (χ4n) is 8.32. The number of fused-ring (bicyclic) bond motifs is 2. The van der Waals surface area contributed by atoms with Gasteiger partial charge in [0.15, 0.2) is 6.29 Å². The van der Waals surface area contributed by atoms with E-state index in [1.165, 1.54) is 6.92 Å². The molecule has 6 fully saturated rings. The van der Waals surface area contributed by atoms with Gasteiger partial charge in [0, 0.05) is 18.9 Å². The molecule has 1 saturated carbocycles. The minimum atomic E-state index is -1.52. The molecule has 0 amide bonds. The summed E-state index contributed by atoms with van der Waals surface area (Å²) in [5.41, 5.74) is 3.57. The van der Waals surface area contributed by atoms with Crippen molar-refractivity contribution in [2.45, 2.75) is 87.2 Å². The Morgan fingerprint density at radius 3 is 2.76 bits per heavy atom. The smallest absolute Gasteiger partial charge is 0.302 e. The number of para-hydroxylation sites is 1. The second-order valence-electron chi connectivity index (χ2n) is 11.1. The molecule has 6 aliphatic heterocycles. The number of carbonyl (C=O) groups excluding carboxylic acids is 1. The Labute approximate surface area is 214 Å². The highest BCUT2D eigenvalue weighted by Crippen LogP contribution is 2.67. The Bertz CT molecular complexity index is 1200. The zero-order valence-corrected chi connectivity index (χ0v) is 20.7. The molecule has 6 heterocycles. The number of ether oxygens (including phenoxy) is 3. The van der Waals surface area contributed by atoms with Gasteiger partial charge in [0.1, 0.15) is 36.7 Å². The molecule has 1 spiro atoms. The number of hydrogen-bond acceptors (Lipinski definition) is 10. The molecular weight excluding hydrogens is 480 g/mol. The summed E-state index contributed by atoms with van der Waals surface area (Å²) in [6.45, 7) is 2.89. The van der Waals surface area contributed by atoms with Crippen molar-refractivity contribution in [3.05, 3.63) is 41.5 Å². The summed E-state index contributed by atoms with van der Waals surface area (Å²) < 4.78 is 18.3. The van der Waals surface area contributed by atoms with E-state index in [2.05, 4.69) is 11.0 Å². The van der Waals surface area contributed by atoms with Crippen LogP contribution in [0.25, 0.3) is 0 Å². The maximum Gasteiger partial charge on any atom is 0.302 e. The van der Waals surface area contributed by atoms with Gasteiger partial charge >= 0.3 is 5.97 Å². The third kappa shape index (κ3) is 2.95. The number of aliphatic hydroxyl groups is 4. The molecule has 5 saturated heterocycles. The van der Waals surface area contributed by atoms with Gasteiger partial charge in [0.2, 0.25) is 0 Å². The van der Waals surface area contributed by atoms with Crippen molar-refractivity contribution in [3.63, 3.8) is 0 Å². The van der Waals surface area contributed by atoms with Crippen molar-refractivity contribution < 1.29 is 39.4 Å². The van der Waals surface area contributed by atoms with Gasteiger partial charge in [-0.05, 0) is 42.9 Å². The number of aliphatic imine (C=N–C) groups is 1. The number of allylic oxidation sites excluding steroid dienone is 1. The SMILES string of the molecule is CC=C1[C@@H](O[C@@H]2O[C@H](CO)[C@@H](O)[C@H](O)[C@H]2O)N2[C@H]3C[C@@H]1C1[C@@H](OC(C)=O)[C@]4(C[C@@H]12)C3=Nc1ccccc14. The molecule has 10 nitrogen and oxygen atoms in total. The molecule has 0 aromatic heterocycles. The van der Waals surface area contributed by atoms with Crippen molar-refractivity contribution >= 4 is 17.4 Å². The van der Waals surface area contributed by atoms with Crippen molar-refractivity contribution in [3.8, 4) is 0 Å². The van der Waals surface area contributed by atoms with Gasteiger partial charge < -0.3 is 34.6 Å². The van der Waals surface area contributed by atoms with Crippen LogP contribution in [-0.2, 0) is 24.4 Å². The molecule has 5 bridgehead atoms. The van der Waals surface area contributed by atoms with Gasteiger partial charge in [0.05, 0.1) is 29.5 Å². The lowest BCUT2D eigenvalue weighted by Crippen LogP contribution is -2.70. The number of esters is 1. The van der Waals surface area contributed by atoms with Crippen molar-refractivity contribution in [2.24, 2.45) is 16.8 Å². The van der Waals surface area contributed by atoms with E-state index in [4.69, 9.17) is 19.2 Å². The highest BCUT2D eigenvalue weighted by Gasteiger charge is 2.75. The molecule has 1 aromatic rings. The number of piperidine rings is 4. The Morgan fingerprint density at radius 1 is 1.24 bits per heavy atom. The van der Waals surface area contributed by atoms with Gasteiger partial charge in [-0.1, -0.05) is 24.3 Å². The first-order valence-corrected chi connectivity index (χ1v) is 13.1. The van der Waals surface area contributed by atoms with E-state index in [1.807, 2.05) is 31.2 Å². The second-order valence-corrected chi connectivity index (χ2v) is 11.1. The Kier molecular flexibility index (Phi) is 5.27. The number of benzene rings is 1. The molecule has 37 heavy (non-hydrogen) atoms. The minimum Gasteiger partial charge on any atom is -0.461 e. The molecule has 2 unspecified atom stereocenters. The van der Waals surface area contributed by atoms with Crippen LogP contribution in [0.15, 0.2) is 40.9 Å². The summed E-state index contributed by atoms with van der Waals surface area (Å²) >= 11 is 0. The molecule has 198 valence electrons. The Balaban J connectivity index is 1.30. The first-order valence-electron chi connectivity index (χ1n) is 13.1. The summed E-state index contributed by atoms with van der Waals surface area (Å²) in [7, 11) is 0. The predicted molar refractivity (Wildman–Crippen MR) is 129 cm³/mol. The molecule has 1 aromatic carbocycles. The number of aliphatic hydroxyl groups excluding tert-OH is 4. The van der Waals surface area contributed by atoms with Crippen molar-refractivity contribution in [1.82, 2.24) is 4.90 Å². The van der Waals surface area contributed by atoms with E-state index in [0.717, 1.165) is 35.4 Å². The number of hydrogen-bond donors (Lipinski definition) is 4. The molecular formula is C27H32N2O8. The van der Waals surface area contributed by atoms with Gasteiger partial charge in [-0.25, -0.2) is 0 Å². The second kappa shape index (κ2) is 8.16. The average Bonchev–Trinajstić information content (AvgIpc) is 3.36. The van der Waals surface area contributed by atoms with Crippen LogP contribution in [0.1, 0.15) is 32.3 Å². The maximum absolute atomic E-state index is 12.4. The quantitative estimate of drug-likeness (QED) is 0.327. The normalized spacial score (nSPS) is 49.7. The van der Waals surface area contributed by atoms with Crippen LogP contribution in [0, 0.1) is 11.8 Å². The standard InChI is InChI=1S/C27H32N2O8/c1-3-12-13-8-16-23-27(14-6-4-5-7-15(14)28-23)9-17(19(13)24(27)35-11(2)31)29(16)25(12)37-26-22(34)21(33)20(32)18(10-30)36-26/h3-7,13,16-22,24-26,30,32-34H,8-10H2,1-2H3/t13-,16-,17-,18+,19?,20+,21-,22+,24+,25+,26-,27-/m0/s1. The van der Waals surface area contributed by atoms with Crippen LogP contribution in [0.3, 0.4) is 0 Å². The number of rotatable bonds is 4. The maximum atomic E-state index is 12.4. The van der Waals surface area contributed by atoms with E-state index >= 15 is 0 Å². The zero-order valence-electron chi connectivity index (χ0n) is 20.7. The lowest BCUT2D eigenvalue weighted by molar-refractivity contribution is -0.328. The highest BCUT2D eigenvalue weighted by molar-refractivity contribution is 6.08. The van der Waals surface area contributed by atoms with Crippen LogP contribution in [0.2, 0.25) is 0 Å². The lowest BCUT2D eigenvalue weighted by Gasteiger charge is -2.59. The highest BCUT2D eigenvalue weighted by atomic mass is 16.7. The van der Waals surface area contributed by atoms with Crippen molar-refractivity contribution in [2.75, 3.05) is 6.61 Å². The van der Waals surface area contributed by atoms with Crippen molar-refractivity contribution in [1.29, 1.82) is 0 Å². The summed E-state index contributed by atoms with van der Waals surface area (Å²) in [5.74, 6) is -0.176. The zero-order chi connectivity index (χ0) is 25.8.